The minimum atomic E-state index is -0.769. The first kappa shape index (κ1) is 24.1. The van der Waals surface area contributed by atoms with E-state index in [1.54, 1.807) is 11.8 Å². The summed E-state index contributed by atoms with van der Waals surface area (Å²) in [7, 11) is 0. The van der Waals surface area contributed by atoms with E-state index < -0.39 is 5.97 Å². The molecular formula is C22H34N2O6S. The summed E-state index contributed by atoms with van der Waals surface area (Å²) in [5.41, 5.74) is 0. The molecule has 3 fully saturated rings. The van der Waals surface area contributed by atoms with Gasteiger partial charge in [0.05, 0.1) is 24.5 Å². The number of carbonyl (C=O) groups excluding carboxylic acids is 2. The minimum absolute atomic E-state index is 0.00839. The number of nitrogens with one attached hydrogen (secondary N) is 2. The average Bonchev–Trinajstić information content (AvgIpc) is 3.37. The number of ether oxygens (including phenoxy) is 2. The highest BCUT2D eigenvalue weighted by atomic mass is 32.2. The molecular weight excluding hydrogens is 420 g/mol. The summed E-state index contributed by atoms with van der Waals surface area (Å²) in [4.78, 5) is 34.6. The second-order valence-electron chi connectivity index (χ2n) is 8.44. The lowest BCUT2D eigenvalue weighted by Gasteiger charge is -2.25. The van der Waals surface area contributed by atoms with E-state index in [9.17, 15) is 14.4 Å². The van der Waals surface area contributed by atoms with Crippen molar-refractivity contribution in [3.63, 3.8) is 0 Å². The zero-order chi connectivity index (χ0) is 22.2. The van der Waals surface area contributed by atoms with Gasteiger partial charge in [0.15, 0.2) is 0 Å². The Morgan fingerprint density at radius 1 is 0.968 bits per heavy atom. The van der Waals surface area contributed by atoms with Crippen LogP contribution >= 0.6 is 11.8 Å². The van der Waals surface area contributed by atoms with Crippen molar-refractivity contribution in [1.29, 1.82) is 0 Å². The summed E-state index contributed by atoms with van der Waals surface area (Å²) in [5.74, 6) is 0.727. The Hall–Kier alpha value is -1.58. The van der Waals surface area contributed by atoms with E-state index >= 15 is 0 Å². The normalized spacial score (nSPS) is 30.4. The second-order valence-corrected chi connectivity index (χ2v) is 9.54. The van der Waals surface area contributed by atoms with Gasteiger partial charge in [0, 0.05) is 18.9 Å². The molecule has 3 aliphatic heterocycles. The highest BCUT2D eigenvalue weighted by Gasteiger charge is 2.68. The van der Waals surface area contributed by atoms with Crippen LogP contribution in [-0.2, 0) is 23.9 Å². The monoisotopic (exact) mass is 454 g/mol. The standard InChI is InChI=1S/C22H34N2O6S/c1-2-3-10-31-13-17(26)24-12-16(25)23-11-15-14(8-6-4-5-7-9-18(27)28)19-21-22(30-21)20(15)29-19/h4,6,14-15,19-22H,2-3,5,7-13H2,1H3,(H,23,25)(H,24,26)(H,27,28)/b6-4-/t14-,15+,19+,20-,21-,22+/m0/s1. The maximum Gasteiger partial charge on any atom is 0.303 e. The van der Waals surface area contributed by atoms with Crippen LogP contribution in [0.3, 0.4) is 0 Å². The van der Waals surface area contributed by atoms with Gasteiger partial charge in [-0.15, -0.1) is 0 Å². The number of unbranched alkanes of at least 4 members (excludes halogenated alkanes) is 2. The fourth-order valence-corrected chi connectivity index (χ4v) is 5.36. The third kappa shape index (κ3) is 6.95. The molecule has 2 amide bonds. The van der Waals surface area contributed by atoms with E-state index in [2.05, 4.69) is 23.6 Å². The van der Waals surface area contributed by atoms with Crippen molar-refractivity contribution >= 4 is 29.5 Å². The van der Waals surface area contributed by atoms with Crippen LogP contribution in [0.1, 0.15) is 45.4 Å². The summed E-state index contributed by atoms with van der Waals surface area (Å²) < 4.78 is 11.8. The molecule has 2 bridgehead atoms. The van der Waals surface area contributed by atoms with Crippen molar-refractivity contribution in [3.05, 3.63) is 12.2 Å². The fraction of sp³-hybridized carbons (Fsp3) is 0.773. The lowest BCUT2D eigenvalue weighted by Crippen LogP contribution is -2.44. The molecule has 0 aromatic rings. The topological polar surface area (TPSA) is 117 Å². The van der Waals surface area contributed by atoms with E-state index in [-0.39, 0.29) is 61.0 Å². The number of carboxylic acids is 1. The Labute approximate surface area is 187 Å². The number of thioether (sulfide) groups is 1. The summed E-state index contributed by atoms with van der Waals surface area (Å²) in [6.45, 7) is 2.61. The van der Waals surface area contributed by atoms with Crippen molar-refractivity contribution in [2.24, 2.45) is 11.8 Å². The van der Waals surface area contributed by atoms with Gasteiger partial charge in [0.25, 0.3) is 0 Å². The number of carbonyl (C=O) groups is 3. The lowest BCUT2D eigenvalue weighted by atomic mass is 9.77. The molecule has 0 saturated carbocycles. The number of allylic oxidation sites excluding steroid dienone is 2. The van der Waals surface area contributed by atoms with E-state index in [1.165, 1.54) is 0 Å². The van der Waals surface area contributed by atoms with Gasteiger partial charge in [-0.2, -0.15) is 11.8 Å². The molecule has 6 atom stereocenters. The molecule has 9 heteroatoms. The van der Waals surface area contributed by atoms with Crippen LogP contribution in [0, 0.1) is 11.8 Å². The zero-order valence-electron chi connectivity index (χ0n) is 18.1. The number of amides is 2. The lowest BCUT2D eigenvalue weighted by molar-refractivity contribution is -0.137. The summed E-state index contributed by atoms with van der Waals surface area (Å²) >= 11 is 1.59. The van der Waals surface area contributed by atoms with E-state index in [0.29, 0.717) is 18.7 Å². The molecule has 0 aliphatic carbocycles. The largest absolute Gasteiger partial charge is 0.481 e. The molecule has 174 valence electrons. The first-order valence-electron chi connectivity index (χ1n) is 11.3. The predicted molar refractivity (Wildman–Crippen MR) is 118 cm³/mol. The molecule has 31 heavy (non-hydrogen) atoms. The van der Waals surface area contributed by atoms with Crippen LogP contribution in [0.25, 0.3) is 0 Å². The summed E-state index contributed by atoms with van der Waals surface area (Å²) in [6, 6.07) is 0. The molecule has 0 aromatic heterocycles. The van der Waals surface area contributed by atoms with Gasteiger partial charge in [-0.25, -0.2) is 0 Å². The van der Waals surface area contributed by atoms with Gasteiger partial charge in [0.2, 0.25) is 11.8 Å². The maximum absolute atomic E-state index is 12.2. The van der Waals surface area contributed by atoms with Crippen LogP contribution in [0.5, 0.6) is 0 Å². The molecule has 0 spiro atoms. The Balaban J connectivity index is 1.36. The summed E-state index contributed by atoms with van der Waals surface area (Å²) in [6.07, 6.45) is 9.15. The zero-order valence-corrected chi connectivity index (χ0v) is 18.9. The average molecular weight is 455 g/mol. The van der Waals surface area contributed by atoms with Gasteiger partial charge in [-0.3, -0.25) is 14.4 Å². The third-order valence-electron chi connectivity index (χ3n) is 6.11. The number of aliphatic carboxylic acids is 1. The highest BCUT2D eigenvalue weighted by molar-refractivity contribution is 7.99. The molecule has 0 radical (unpaired) electrons. The van der Waals surface area contributed by atoms with Crippen molar-refractivity contribution in [1.82, 2.24) is 10.6 Å². The number of hydrogen-bond acceptors (Lipinski definition) is 6. The first-order valence-corrected chi connectivity index (χ1v) is 12.5. The number of hydrogen-bond donors (Lipinski definition) is 3. The predicted octanol–water partition coefficient (Wildman–Crippen LogP) is 1.73. The molecule has 0 unspecified atom stereocenters. The molecule has 3 saturated heterocycles. The Morgan fingerprint density at radius 2 is 1.71 bits per heavy atom. The SMILES string of the molecule is CCCCSCC(=O)NCC(=O)NC[C@@H]1[C@H](C/C=C\CCCC(=O)O)[C@H]2O[C@@H]1[C@H]1O[C@H]12. The quantitative estimate of drug-likeness (QED) is 0.196. The third-order valence-corrected chi connectivity index (χ3v) is 7.15. The molecule has 3 aliphatic rings. The molecule has 3 heterocycles. The van der Waals surface area contributed by atoms with Crippen molar-refractivity contribution in [2.45, 2.75) is 69.9 Å². The van der Waals surface area contributed by atoms with Crippen LogP contribution < -0.4 is 10.6 Å². The van der Waals surface area contributed by atoms with E-state index in [1.807, 2.05) is 6.08 Å². The second kappa shape index (κ2) is 11.9. The van der Waals surface area contributed by atoms with Crippen molar-refractivity contribution in [3.8, 4) is 0 Å². The fourth-order valence-electron chi connectivity index (χ4n) is 4.43. The van der Waals surface area contributed by atoms with Gasteiger partial charge < -0.3 is 25.2 Å². The number of carboxylic acid groups (broad SMARTS) is 1. The molecule has 3 rings (SSSR count). The van der Waals surface area contributed by atoms with Crippen molar-refractivity contribution in [2.75, 3.05) is 24.6 Å². The van der Waals surface area contributed by atoms with Gasteiger partial charge in [0.1, 0.15) is 12.2 Å². The maximum atomic E-state index is 12.2. The minimum Gasteiger partial charge on any atom is -0.481 e. The first-order chi connectivity index (χ1) is 15.0. The van der Waals surface area contributed by atoms with Gasteiger partial charge in [-0.05, 0) is 37.4 Å². The molecule has 8 nitrogen and oxygen atoms in total. The highest BCUT2D eigenvalue weighted by Crippen LogP contribution is 2.54. The summed E-state index contributed by atoms with van der Waals surface area (Å²) in [5, 5.41) is 14.3. The molecule has 0 aromatic carbocycles. The molecule has 3 N–H and O–H groups in total. The van der Waals surface area contributed by atoms with Crippen LogP contribution in [0.15, 0.2) is 12.2 Å². The van der Waals surface area contributed by atoms with E-state index in [0.717, 1.165) is 31.4 Å². The number of epoxide rings is 1. The van der Waals surface area contributed by atoms with Gasteiger partial charge in [-0.1, -0.05) is 25.5 Å². The Bertz CT molecular complexity index is 672. The number of fused-ring (bicyclic) bond motifs is 5. The van der Waals surface area contributed by atoms with Crippen LogP contribution in [0.4, 0.5) is 0 Å². The smallest absolute Gasteiger partial charge is 0.303 e. The van der Waals surface area contributed by atoms with Crippen molar-refractivity contribution < 1.29 is 29.0 Å². The Kier molecular flexibility index (Phi) is 9.22. The Morgan fingerprint density at radius 3 is 2.45 bits per heavy atom. The number of rotatable bonds is 15. The van der Waals surface area contributed by atoms with Crippen LogP contribution in [0.2, 0.25) is 0 Å². The van der Waals surface area contributed by atoms with Crippen LogP contribution in [-0.4, -0.2) is 71.9 Å². The van der Waals surface area contributed by atoms with E-state index in [4.69, 9.17) is 14.6 Å². The van der Waals surface area contributed by atoms with Gasteiger partial charge >= 0.3 is 5.97 Å².